The number of ether oxygens (including phenoxy) is 2. The van der Waals surface area contributed by atoms with Crippen LogP contribution in [0, 0.1) is 29.6 Å². The highest BCUT2D eigenvalue weighted by atomic mass is 16.6. The predicted octanol–water partition coefficient (Wildman–Crippen LogP) is 2.39. The highest BCUT2D eigenvalue weighted by Crippen LogP contribution is 2.41. The molecule has 0 aliphatic heterocycles. The summed E-state index contributed by atoms with van der Waals surface area (Å²) >= 11 is 0. The minimum absolute atomic E-state index is 0.0473. The van der Waals surface area contributed by atoms with E-state index in [9.17, 15) is 44.1 Å². The van der Waals surface area contributed by atoms with Crippen molar-refractivity contribution in [3.63, 3.8) is 0 Å². The predicted molar refractivity (Wildman–Crippen MR) is 116 cm³/mol. The smallest absolute Gasteiger partial charge is 0.349 e. The van der Waals surface area contributed by atoms with Gasteiger partial charge in [-0.15, -0.1) is 0 Å². The van der Waals surface area contributed by atoms with E-state index in [0.29, 0.717) is 44.9 Å². The minimum Gasteiger partial charge on any atom is -0.481 e. The van der Waals surface area contributed by atoms with E-state index in [-0.39, 0.29) is 32.1 Å². The van der Waals surface area contributed by atoms with Gasteiger partial charge >= 0.3 is 35.8 Å². The fourth-order valence-corrected chi connectivity index (χ4v) is 5.80. The van der Waals surface area contributed by atoms with Crippen LogP contribution in [-0.2, 0) is 38.2 Å². The maximum absolute atomic E-state index is 13.1. The van der Waals surface area contributed by atoms with Crippen molar-refractivity contribution in [3.8, 4) is 0 Å². The molecule has 0 amide bonds. The van der Waals surface area contributed by atoms with Gasteiger partial charge in [-0.3, -0.25) is 24.0 Å². The number of rotatable bonds is 7. The molecule has 6 unspecified atom stereocenters. The van der Waals surface area contributed by atoms with Gasteiger partial charge in [0.05, 0.1) is 23.7 Å². The van der Waals surface area contributed by atoms with Gasteiger partial charge in [-0.25, -0.2) is 4.79 Å². The van der Waals surface area contributed by atoms with Gasteiger partial charge in [0.15, 0.2) is 0 Å². The molecule has 0 aromatic heterocycles. The Morgan fingerprint density at radius 3 is 1.51 bits per heavy atom. The highest BCUT2D eigenvalue weighted by molar-refractivity contribution is 5.93. The highest BCUT2D eigenvalue weighted by Gasteiger charge is 2.56. The fourth-order valence-electron chi connectivity index (χ4n) is 5.80. The van der Waals surface area contributed by atoms with Gasteiger partial charge in [0.25, 0.3) is 0 Å². The molecular weight excluding hydrogens is 464 g/mol. The molecule has 0 aromatic carbocycles. The van der Waals surface area contributed by atoms with Crippen molar-refractivity contribution < 1.29 is 53.6 Å². The lowest BCUT2D eigenvalue weighted by molar-refractivity contribution is -0.200. The van der Waals surface area contributed by atoms with Crippen molar-refractivity contribution in [2.24, 2.45) is 29.6 Å². The molecule has 0 radical (unpaired) electrons. The molecular formula is C24H32O11. The second-order valence-corrected chi connectivity index (χ2v) is 9.83. The lowest BCUT2D eigenvalue weighted by atomic mass is 9.74. The third kappa shape index (κ3) is 5.65. The van der Waals surface area contributed by atoms with Crippen LogP contribution in [0.1, 0.15) is 77.0 Å². The normalized spacial score (nSPS) is 33.2. The summed E-state index contributed by atoms with van der Waals surface area (Å²) in [5.41, 5.74) is -2.22. The summed E-state index contributed by atoms with van der Waals surface area (Å²) in [4.78, 5) is 74.1. The van der Waals surface area contributed by atoms with Crippen LogP contribution in [0.2, 0.25) is 0 Å². The standard InChI is InChI=1S/C24H32O11/c25-18(26)13-7-1-2-8-14(13)20(29)34-21(30)15-9-3-4-10-16(15)22(31)35-24(23(32)33)12-6-5-11-17(24)19(27)28/h13-17H,1-12H2,(H,25,26)(H,27,28)(H,32,33). The Hall–Kier alpha value is -2.98. The van der Waals surface area contributed by atoms with Crippen LogP contribution in [-0.4, -0.2) is 56.7 Å². The molecule has 3 aliphatic rings. The van der Waals surface area contributed by atoms with E-state index in [2.05, 4.69) is 0 Å². The molecule has 3 fully saturated rings. The van der Waals surface area contributed by atoms with Crippen molar-refractivity contribution in [2.75, 3.05) is 0 Å². The average molecular weight is 497 g/mol. The zero-order chi connectivity index (χ0) is 25.8. The van der Waals surface area contributed by atoms with Gasteiger partial charge in [0, 0.05) is 0 Å². The summed E-state index contributed by atoms with van der Waals surface area (Å²) < 4.78 is 10.5. The first-order valence-electron chi connectivity index (χ1n) is 12.3. The van der Waals surface area contributed by atoms with E-state index >= 15 is 0 Å². The third-order valence-electron chi connectivity index (χ3n) is 7.76. The second kappa shape index (κ2) is 11.2. The van der Waals surface area contributed by atoms with Gasteiger partial charge in [-0.05, 0) is 44.9 Å². The van der Waals surface area contributed by atoms with Crippen LogP contribution in [0.3, 0.4) is 0 Å². The number of hydrogen-bond acceptors (Lipinski definition) is 8. The minimum atomic E-state index is -2.22. The molecule has 194 valence electrons. The number of aliphatic carboxylic acids is 3. The first kappa shape index (κ1) is 26.6. The van der Waals surface area contributed by atoms with Crippen LogP contribution in [0.4, 0.5) is 0 Å². The molecule has 0 saturated heterocycles. The van der Waals surface area contributed by atoms with Crippen molar-refractivity contribution in [1.82, 2.24) is 0 Å². The number of carboxylic acids is 3. The lowest BCUT2D eigenvalue weighted by Crippen LogP contribution is -2.55. The van der Waals surface area contributed by atoms with Crippen molar-refractivity contribution >= 4 is 35.8 Å². The first-order valence-corrected chi connectivity index (χ1v) is 12.3. The summed E-state index contributed by atoms with van der Waals surface area (Å²) in [6.45, 7) is 0. The maximum atomic E-state index is 13.1. The molecule has 11 heteroatoms. The number of carbonyl (C=O) groups is 6. The van der Waals surface area contributed by atoms with Crippen LogP contribution in [0.15, 0.2) is 0 Å². The van der Waals surface area contributed by atoms with Crippen molar-refractivity contribution in [2.45, 2.75) is 82.7 Å². The monoisotopic (exact) mass is 496 g/mol. The molecule has 3 rings (SSSR count). The zero-order valence-corrected chi connectivity index (χ0v) is 19.5. The maximum Gasteiger partial charge on any atom is 0.349 e. The van der Waals surface area contributed by atoms with E-state index in [4.69, 9.17) is 9.47 Å². The number of hydrogen-bond donors (Lipinski definition) is 3. The summed E-state index contributed by atoms with van der Waals surface area (Å²) in [5.74, 6) is -12.4. The molecule has 3 saturated carbocycles. The average Bonchev–Trinajstić information content (AvgIpc) is 2.83. The SMILES string of the molecule is O=C(O)C1CCCCC1C(=O)OC(=O)C1CCCCC1C(=O)OC1(C(=O)O)CCCCC1C(=O)O. The van der Waals surface area contributed by atoms with Gasteiger partial charge in [-0.1, -0.05) is 32.1 Å². The number of carboxylic acid groups (broad SMARTS) is 3. The fraction of sp³-hybridized carbons (Fsp3) is 0.750. The quantitative estimate of drug-likeness (QED) is 0.347. The Labute approximate surface area is 202 Å². The second-order valence-electron chi connectivity index (χ2n) is 9.83. The van der Waals surface area contributed by atoms with Crippen LogP contribution in [0.5, 0.6) is 0 Å². The van der Waals surface area contributed by atoms with Gasteiger partial charge in [0.1, 0.15) is 5.92 Å². The number of esters is 3. The summed E-state index contributed by atoms with van der Waals surface area (Å²) in [5, 5.41) is 28.8. The lowest BCUT2D eigenvalue weighted by Gasteiger charge is -2.39. The first-order chi connectivity index (χ1) is 16.6. The molecule has 0 spiro atoms. The van der Waals surface area contributed by atoms with E-state index in [1.54, 1.807) is 0 Å². The molecule has 0 heterocycles. The van der Waals surface area contributed by atoms with Crippen LogP contribution in [0.25, 0.3) is 0 Å². The van der Waals surface area contributed by atoms with Gasteiger partial charge < -0.3 is 24.8 Å². The summed E-state index contributed by atoms with van der Waals surface area (Å²) in [6, 6.07) is 0. The molecule has 11 nitrogen and oxygen atoms in total. The molecule has 0 aromatic rings. The Balaban J connectivity index is 1.74. The van der Waals surface area contributed by atoms with E-state index in [1.807, 2.05) is 0 Å². The Bertz CT molecular complexity index is 881. The topological polar surface area (TPSA) is 182 Å². The van der Waals surface area contributed by atoms with Crippen LogP contribution < -0.4 is 0 Å². The molecule has 0 bridgehead atoms. The Morgan fingerprint density at radius 2 is 1.03 bits per heavy atom. The molecule has 6 atom stereocenters. The zero-order valence-electron chi connectivity index (χ0n) is 19.5. The molecule has 35 heavy (non-hydrogen) atoms. The Morgan fingerprint density at radius 1 is 0.571 bits per heavy atom. The molecule has 3 N–H and O–H groups in total. The number of carbonyl (C=O) groups excluding carboxylic acids is 3. The van der Waals surface area contributed by atoms with Gasteiger partial charge in [-0.2, -0.15) is 0 Å². The van der Waals surface area contributed by atoms with Crippen molar-refractivity contribution in [1.29, 1.82) is 0 Å². The van der Waals surface area contributed by atoms with E-state index < -0.39 is 71.0 Å². The largest absolute Gasteiger partial charge is 0.481 e. The summed E-state index contributed by atoms with van der Waals surface area (Å²) in [7, 11) is 0. The summed E-state index contributed by atoms with van der Waals surface area (Å²) in [6.07, 6.45) is 4.19. The van der Waals surface area contributed by atoms with Crippen molar-refractivity contribution in [3.05, 3.63) is 0 Å². The molecule has 3 aliphatic carbocycles. The Kier molecular flexibility index (Phi) is 8.50. The van der Waals surface area contributed by atoms with E-state index in [1.165, 1.54) is 0 Å². The van der Waals surface area contributed by atoms with E-state index in [0.717, 1.165) is 0 Å². The van der Waals surface area contributed by atoms with Crippen LogP contribution >= 0.6 is 0 Å². The van der Waals surface area contributed by atoms with Gasteiger partial charge in [0.2, 0.25) is 5.60 Å². The third-order valence-corrected chi connectivity index (χ3v) is 7.76.